The largest absolute Gasteiger partial charge is 0.354 e. The number of rotatable bonds is 6. The zero-order valence-corrected chi connectivity index (χ0v) is 31.5. The van der Waals surface area contributed by atoms with Gasteiger partial charge >= 0.3 is 0 Å². The first-order valence-corrected chi connectivity index (χ1v) is 21.7. The van der Waals surface area contributed by atoms with Gasteiger partial charge in [-0.25, -0.2) is 0 Å². The van der Waals surface area contributed by atoms with Gasteiger partial charge in [-0.2, -0.15) is 0 Å². The molecule has 52 heavy (non-hydrogen) atoms. The molecule has 12 unspecified atom stereocenters. The van der Waals surface area contributed by atoms with Crippen LogP contribution in [0.4, 0.5) is 11.4 Å². The minimum atomic E-state index is 0.0776. The summed E-state index contributed by atoms with van der Waals surface area (Å²) in [5.41, 5.74) is 10.1. The summed E-state index contributed by atoms with van der Waals surface area (Å²) >= 11 is 0. The molecule has 2 spiro atoms. The maximum atomic E-state index is 7.59. The third-order valence-corrected chi connectivity index (χ3v) is 18.4. The van der Waals surface area contributed by atoms with Crippen LogP contribution >= 0.6 is 0 Å². The van der Waals surface area contributed by atoms with Crippen LogP contribution in [0.15, 0.2) is 71.8 Å². The van der Waals surface area contributed by atoms with Crippen LogP contribution in [-0.4, -0.2) is 98.1 Å². The number of benzene rings is 2. The van der Waals surface area contributed by atoms with E-state index < -0.39 is 0 Å². The first-order valence-electron chi connectivity index (χ1n) is 21.7. The van der Waals surface area contributed by atoms with Crippen molar-refractivity contribution >= 4 is 11.4 Å². The van der Waals surface area contributed by atoms with Crippen LogP contribution in [-0.2, 0) is 20.3 Å². The molecule has 13 rings (SSSR count). The summed E-state index contributed by atoms with van der Waals surface area (Å²) in [5.74, 6) is 1.97. The number of hydrogen-bond donors (Lipinski definition) is 0. The summed E-state index contributed by atoms with van der Waals surface area (Å²) in [6.07, 6.45) is 15.9. The third-order valence-electron chi connectivity index (χ3n) is 18.4. The Labute approximate surface area is 310 Å². The summed E-state index contributed by atoms with van der Waals surface area (Å²) in [6, 6.07) is 21.8. The Morgan fingerprint density at radius 2 is 1.12 bits per heavy atom. The lowest BCUT2D eigenvalue weighted by Gasteiger charge is -2.65. The smallest absolute Gasteiger partial charge is 0.136 e. The van der Waals surface area contributed by atoms with Gasteiger partial charge in [0, 0.05) is 60.7 Å². The van der Waals surface area contributed by atoms with Gasteiger partial charge in [0.15, 0.2) is 0 Å². The molecule has 0 aromatic heterocycles. The molecule has 9 heterocycles. The van der Waals surface area contributed by atoms with Crippen LogP contribution in [0.3, 0.4) is 0 Å². The molecule has 2 aliphatic carbocycles. The molecule has 9 aliphatic heterocycles. The van der Waals surface area contributed by atoms with Crippen molar-refractivity contribution in [2.45, 2.75) is 113 Å². The zero-order chi connectivity index (χ0) is 34.2. The number of nitrogens with zero attached hydrogens (tertiary/aromatic N) is 4. The average molecular weight is 699 g/mol. The predicted molar refractivity (Wildman–Crippen MR) is 204 cm³/mol. The van der Waals surface area contributed by atoms with Gasteiger partial charge in [-0.15, -0.1) is 0 Å². The van der Waals surface area contributed by atoms with E-state index in [0.29, 0.717) is 47.8 Å². The highest BCUT2D eigenvalue weighted by molar-refractivity contribution is 5.72. The van der Waals surface area contributed by atoms with E-state index in [9.17, 15) is 0 Å². The van der Waals surface area contributed by atoms with E-state index in [1.165, 1.54) is 111 Å². The van der Waals surface area contributed by atoms with Gasteiger partial charge in [-0.1, -0.05) is 75.2 Å². The summed E-state index contributed by atoms with van der Waals surface area (Å²) < 4.78 is 17.8. The molecule has 0 N–H and O–H groups in total. The maximum Gasteiger partial charge on any atom is 0.136 e. The van der Waals surface area contributed by atoms with E-state index in [1.54, 1.807) is 22.3 Å². The van der Waals surface area contributed by atoms with E-state index in [1.807, 2.05) is 0 Å². The average Bonchev–Trinajstić information content (AvgIpc) is 3.79. The minimum absolute atomic E-state index is 0.0776. The Balaban J connectivity index is 1.09. The first-order chi connectivity index (χ1) is 25.6. The molecular weight excluding hydrogens is 641 g/mol. The molecule has 2 aromatic rings. The fourth-order valence-electron chi connectivity index (χ4n) is 17.0. The van der Waals surface area contributed by atoms with Crippen molar-refractivity contribution in [3.63, 3.8) is 0 Å². The Bertz CT molecular complexity index is 1800. The molecule has 0 amide bonds. The third kappa shape index (κ3) is 3.24. The highest BCUT2D eigenvalue weighted by atomic mass is 16.5. The lowest BCUT2D eigenvalue weighted by atomic mass is 9.52. The van der Waals surface area contributed by atoms with Gasteiger partial charge in [-0.05, 0) is 47.2 Å². The molecule has 4 bridgehead atoms. The monoisotopic (exact) mass is 698 g/mol. The fourth-order valence-corrected chi connectivity index (χ4v) is 17.0. The van der Waals surface area contributed by atoms with Crippen molar-refractivity contribution in [3.8, 4) is 0 Å². The standard InChI is InChI=1S/C46H58N4O2/c1-3-5-19-49-21-17-45-33-11-7-9-13-35(33)47-41(45)39-31(25-37(45)49)29(27-49)15-23-51-43(39)48-36-14-10-8-12-34(36)46-18-22-50(20-6-4-2)28-30-16-24-52-44(47)40(42(46)48)32(30)26-38(46)50/h7-16,31-32,37-44H,3-6,17-28H2,1-2H3/q+2/t31?,32?,37?,38?,39?,40?,41?,42?,43?,44?,45?,46?,49-,50-/m0/s1. The second kappa shape index (κ2) is 10.2. The van der Waals surface area contributed by atoms with Crippen molar-refractivity contribution in [1.82, 2.24) is 0 Å². The first kappa shape index (κ1) is 30.7. The predicted octanol–water partition coefficient (Wildman–Crippen LogP) is 6.90. The van der Waals surface area contributed by atoms with Gasteiger partial charge in [0.2, 0.25) is 0 Å². The molecule has 0 radical (unpaired) electrons. The SMILES string of the molecule is CCCC[N@+]12CCC34c5ccccc5N5C6OCC=C7C[N@+]8(CCCC)CCC9%10c%11ccccc%11N(C%11OCC=C(C1)C(CC32)C%11C54)C9C6C7CC%108. The Hall–Kier alpha value is -2.64. The number of piperidine rings is 2. The molecule has 5 saturated heterocycles. The molecule has 6 heteroatoms. The van der Waals surface area contributed by atoms with Crippen molar-refractivity contribution in [3.05, 3.63) is 83.0 Å². The van der Waals surface area contributed by atoms with E-state index in [4.69, 9.17) is 9.47 Å². The van der Waals surface area contributed by atoms with Crippen LogP contribution in [0.25, 0.3) is 0 Å². The Kier molecular flexibility index (Phi) is 5.99. The van der Waals surface area contributed by atoms with E-state index >= 15 is 0 Å². The lowest BCUT2D eigenvalue weighted by Crippen LogP contribution is -2.78. The molecule has 2 saturated carbocycles. The quantitative estimate of drug-likeness (QED) is 0.242. The molecule has 272 valence electrons. The van der Waals surface area contributed by atoms with Crippen molar-refractivity contribution in [2.24, 2.45) is 23.7 Å². The lowest BCUT2D eigenvalue weighted by molar-refractivity contribution is -0.943. The van der Waals surface area contributed by atoms with Crippen LogP contribution < -0.4 is 9.80 Å². The van der Waals surface area contributed by atoms with Gasteiger partial charge in [-0.3, -0.25) is 0 Å². The number of fused-ring (bicyclic) bond motifs is 6. The normalized spacial score (nSPS) is 48.6. The van der Waals surface area contributed by atoms with E-state index in [-0.39, 0.29) is 23.3 Å². The van der Waals surface area contributed by atoms with Gasteiger partial charge in [0.05, 0.1) is 62.3 Å². The summed E-state index contributed by atoms with van der Waals surface area (Å²) in [4.78, 5) is 6.06. The van der Waals surface area contributed by atoms with Gasteiger partial charge in [0.25, 0.3) is 0 Å². The van der Waals surface area contributed by atoms with Crippen molar-refractivity contribution < 1.29 is 18.4 Å². The number of hydrogen-bond acceptors (Lipinski definition) is 4. The molecule has 7 fully saturated rings. The maximum absolute atomic E-state index is 7.59. The van der Waals surface area contributed by atoms with E-state index in [0.717, 1.165) is 13.2 Å². The summed E-state index contributed by atoms with van der Waals surface area (Å²) in [6.45, 7) is 14.1. The molecule has 14 atom stereocenters. The number of para-hydroxylation sites is 2. The highest BCUT2D eigenvalue weighted by Gasteiger charge is 2.80. The molecular formula is C46H58N4O2+2. The Morgan fingerprint density at radius 1 is 0.654 bits per heavy atom. The van der Waals surface area contributed by atoms with Crippen LogP contribution in [0.2, 0.25) is 0 Å². The van der Waals surface area contributed by atoms with Gasteiger partial charge in [0.1, 0.15) is 37.6 Å². The number of anilines is 2. The summed E-state index contributed by atoms with van der Waals surface area (Å²) in [5, 5.41) is 0. The van der Waals surface area contributed by atoms with Gasteiger partial charge < -0.3 is 28.2 Å². The van der Waals surface area contributed by atoms with Crippen LogP contribution in [0, 0.1) is 23.7 Å². The topological polar surface area (TPSA) is 24.9 Å². The van der Waals surface area contributed by atoms with E-state index in [2.05, 4.69) is 84.3 Å². The second-order valence-corrected chi connectivity index (χ2v) is 19.6. The number of quaternary nitrogens is 2. The van der Waals surface area contributed by atoms with Crippen molar-refractivity contribution in [1.29, 1.82) is 0 Å². The molecule has 11 aliphatic rings. The minimum Gasteiger partial charge on any atom is -0.354 e. The Morgan fingerprint density at radius 3 is 1.58 bits per heavy atom. The summed E-state index contributed by atoms with van der Waals surface area (Å²) in [7, 11) is 0. The second-order valence-electron chi connectivity index (χ2n) is 19.6. The van der Waals surface area contributed by atoms with Crippen LogP contribution in [0.1, 0.15) is 76.3 Å². The highest BCUT2D eigenvalue weighted by Crippen LogP contribution is 2.72. The fraction of sp³-hybridized carbons (Fsp3) is 0.652. The zero-order valence-electron chi connectivity index (χ0n) is 31.5. The number of unbranched alkanes of at least 4 members (excludes halogenated alkanes) is 2. The molecule has 6 nitrogen and oxygen atoms in total. The molecule has 2 aromatic carbocycles. The van der Waals surface area contributed by atoms with Crippen molar-refractivity contribution in [2.75, 3.05) is 62.3 Å². The van der Waals surface area contributed by atoms with Crippen LogP contribution in [0.5, 0.6) is 0 Å². The number of ether oxygens (including phenoxy) is 2.